The summed E-state index contributed by atoms with van der Waals surface area (Å²) in [6, 6.07) is 13.3. The number of carbonyl (C=O) groups is 2. The van der Waals surface area contributed by atoms with Crippen LogP contribution in [-0.4, -0.2) is 28.2 Å². The van der Waals surface area contributed by atoms with Crippen LogP contribution in [0.3, 0.4) is 0 Å². The molecule has 26 heavy (non-hydrogen) atoms. The van der Waals surface area contributed by atoms with Crippen LogP contribution >= 0.6 is 11.6 Å². The highest BCUT2D eigenvalue weighted by Gasteiger charge is 2.22. The van der Waals surface area contributed by atoms with Crippen LogP contribution in [0.2, 0.25) is 5.02 Å². The predicted octanol–water partition coefficient (Wildman–Crippen LogP) is 3.74. The fourth-order valence-corrected chi connectivity index (χ4v) is 2.76. The number of aromatic amines is 1. The second-order valence-corrected chi connectivity index (χ2v) is 6.24. The molecule has 6 nitrogen and oxygen atoms in total. The average molecular weight is 373 g/mol. The predicted molar refractivity (Wildman–Crippen MR) is 98.2 cm³/mol. The fourth-order valence-electron chi connectivity index (χ4n) is 2.63. The zero-order valence-electron chi connectivity index (χ0n) is 13.7. The standard InChI is InChI=1S/C19H17ClN2O4/c20-14-7-5-12(6-8-14)11-26-19(25)22-17(18(23)24)9-13-10-21-16-4-2-1-3-15(13)16/h1-8,10,17,21H,9,11H2,(H,22,25)(H,23,24)/t17-/m1/s1. The number of nitrogens with one attached hydrogen (secondary N) is 2. The molecule has 0 bridgehead atoms. The van der Waals surface area contributed by atoms with Crippen molar-refractivity contribution in [3.63, 3.8) is 0 Å². The van der Waals surface area contributed by atoms with E-state index in [1.165, 1.54) is 0 Å². The maximum atomic E-state index is 12.0. The molecular weight excluding hydrogens is 356 g/mol. The number of ether oxygens (including phenoxy) is 1. The van der Waals surface area contributed by atoms with Crippen LogP contribution in [0.4, 0.5) is 4.79 Å². The van der Waals surface area contributed by atoms with Gasteiger partial charge >= 0.3 is 12.1 Å². The van der Waals surface area contributed by atoms with Crippen molar-refractivity contribution in [2.24, 2.45) is 0 Å². The summed E-state index contributed by atoms with van der Waals surface area (Å²) in [5.74, 6) is -1.13. The van der Waals surface area contributed by atoms with Gasteiger partial charge in [0.15, 0.2) is 0 Å². The van der Waals surface area contributed by atoms with Gasteiger partial charge in [0, 0.05) is 28.5 Å². The van der Waals surface area contributed by atoms with Gasteiger partial charge < -0.3 is 20.1 Å². The first-order valence-electron chi connectivity index (χ1n) is 7.98. The van der Waals surface area contributed by atoms with Gasteiger partial charge in [0.2, 0.25) is 0 Å². The lowest BCUT2D eigenvalue weighted by molar-refractivity contribution is -0.139. The highest BCUT2D eigenvalue weighted by molar-refractivity contribution is 6.30. The highest BCUT2D eigenvalue weighted by Crippen LogP contribution is 2.19. The molecule has 0 saturated heterocycles. The number of benzene rings is 2. The Morgan fingerprint density at radius 3 is 2.62 bits per heavy atom. The van der Waals surface area contributed by atoms with E-state index in [1.807, 2.05) is 24.3 Å². The van der Waals surface area contributed by atoms with Crippen LogP contribution in [0, 0.1) is 0 Å². The summed E-state index contributed by atoms with van der Waals surface area (Å²) in [6.45, 7) is 0.0302. The van der Waals surface area contributed by atoms with Gasteiger partial charge in [0.05, 0.1) is 0 Å². The summed E-state index contributed by atoms with van der Waals surface area (Å²) in [7, 11) is 0. The van der Waals surface area contributed by atoms with Crippen molar-refractivity contribution >= 4 is 34.6 Å². The van der Waals surface area contributed by atoms with E-state index in [-0.39, 0.29) is 13.0 Å². The van der Waals surface area contributed by atoms with E-state index in [9.17, 15) is 14.7 Å². The maximum absolute atomic E-state index is 12.0. The SMILES string of the molecule is O=C(N[C@H](Cc1c[nH]c2ccccc12)C(=O)O)OCc1ccc(Cl)cc1. The number of amides is 1. The first kappa shape index (κ1) is 17.8. The molecule has 0 aliphatic rings. The first-order valence-corrected chi connectivity index (χ1v) is 8.36. The molecular formula is C19H17ClN2O4. The van der Waals surface area contributed by atoms with E-state index < -0.39 is 18.1 Å². The molecule has 0 saturated carbocycles. The van der Waals surface area contributed by atoms with Crippen molar-refractivity contribution in [1.82, 2.24) is 10.3 Å². The second-order valence-electron chi connectivity index (χ2n) is 5.80. The van der Waals surface area contributed by atoms with Gasteiger partial charge in [0.25, 0.3) is 0 Å². The molecule has 0 aliphatic carbocycles. The molecule has 2 aromatic carbocycles. The Hall–Kier alpha value is -2.99. The average Bonchev–Trinajstić information content (AvgIpc) is 3.04. The van der Waals surface area contributed by atoms with E-state index in [4.69, 9.17) is 16.3 Å². The number of alkyl carbamates (subject to hydrolysis) is 1. The maximum Gasteiger partial charge on any atom is 0.408 e. The molecule has 7 heteroatoms. The fraction of sp³-hybridized carbons (Fsp3) is 0.158. The Bertz CT molecular complexity index is 921. The quantitative estimate of drug-likeness (QED) is 0.614. The van der Waals surface area contributed by atoms with Crippen LogP contribution in [0.25, 0.3) is 10.9 Å². The molecule has 3 rings (SSSR count). The van der Waals surface area contributed by atoms with Gasteiger partial charge in [-0.25, -0.2) is 9.59 Å². The minimum atomic E-state index is -1.13. The van der Waals surface area contributed by atoms with Gasteiger partial charge in [0.1, 0.15) is 12.6 Å². The number of hydrogen-bond donors (Lipinski definition) is 3. The molecule has 134 valence electrons. The van der Waals surface area contributed by atoms with Crippen molar-refractivity contribution in [1.29, 1.82) is 0 Å². The first-order chi connectivity index (χ1) is 12.5. The van der Waals surface area contributed by atoms with Crippen LogP contribution in [0.5, 0.6) is 0 Å². The minimum Gasteiger partial charge on any atom is -0.480 e. The van der Waals surface area contributed by atoms with Crippen LogP contribution < -0.4 is 5.32 Å². The third-order valence-corrected chi connectivity index (χ3v) is 4.22. The summed E-state index contributed by atoms with van der Waals surface area (Å²) in [5.41, 5.74) is 2.48. The Labute approximate surface area is 154 Å². The normalized spacial score (nSPS) is 11.9. The van der Waals surface area contributed by atoms with Gasteiger partial charge in [-0.3, -0.25) is 0 Å². The molecule has 3 aromatic rings. The molecule has 0 fully saturated rings. The van der Waals surface area contributed by atoms with Gasteiger partial charge in [-0.15, -0.1) is 0 Å². The Balaban J connectivity index is 1.62. The number of aliphatic carboxylic acids is 1. The topological polar surface area (TPSA) is 91.4 Å². The summed E-state index contributed by atoms with van der Waals surface area (Å²) in [6.07, 6.45) is 1.11. The second kappa shape index (κ2) is 7.93. The van der Waals surface area contributed by atoms with E-state index in [0.717, 1.165) is 22.0 Å². The summed E-state index contributed by atoms with van der Waals surface area (Å²) in [5, 5.41) is 13.3. The number of carbonyl (C=O) groups excluding carboxylic acids is 1. The number of aromatic nitrogens is 1. The minimum absolute atomic E-state index is 0.0302. The number of carboxylic acid groups (broad SMARTS) is 1. The van der Waals surface area contributed by atoms with Crippen LogP contribution in [-0.2, 0) is 22.6 Å². The Kier molecular flexibility index (Phi) is 5.43. The van der Waals surface area contributed by atoms with E-state index in [2.05, 4.69) is 10.3 Å². The third kappa shape index (κ3) is 4.34. The van der Waals surface area contributed by atoms with E-state index >= 15 is 0 Å². The highest BCUT2D eigenvalue weighted by atomic mass is 35.5. The zero-order valence-corrected chi connectivity index (χ0v) is 14.5. The lowest BCUT2D eigenvalue weighted by Crippen LogP contribution is -2.42. The molecule has 3 N–H and O–H groups in total. The molecule has 0 unspecified atom stereocenters. The summed E-state index contributed by atoms with van der Waals surface area (Å²) >= 11 is 5.80. The van der Waals surface area contributed by atoms with Crippen molar-refractivity contribution in [3.8, 4) is 0 Å². The van der Waals surface area contributed by atoms with Gasteiger partial charge in [-0.2, -0.15) is 0 Å². The molecule has 1 amide bonds. The lowest BCUT2D eigenvalue weighted by Gasteiger charge is -2.14. The monoisotopic (exact) mass is 372 g/mol. The van der Waals surface area contributed by atoms with Gasteiger partial charge in [-0.1, -0.05) is 41.9 Å². The molecule has 0 spiro atoms. The largest absolute Gasteiger partial charge is 0.480 e. The van der Waals surface area contributed by atoms with Crippen LogP contribution in [0.1, 0.15) is 11.1 Å². The summed E-state index contributed by atoms with van der Waals surface area (Å²) < 4.78 is 5.09. The Morgan fingerprint density at radius 2 is 1.88 bits per heavy atom. The van der Waals surface area contributed by atoms with E-state index in [0.29, 0.717) is 5.02 Å². The number of H-pyrrole nitrogens is 1. The number of rotatable bonds is 6. The van der Waals surface area contributed by atoms with Crippen molar-refractivity contribution in [2.45, 2.75) is 19.1 Å². The van der Waals surface area contributed by atoms with Crippen LogP contribution in [0.15, 0.2) is 54.7 Å². The molecule has 1 heterocycles. The number of carboxylic acids is 1. The molecule has 1 atom stereocenters. The molecule has 0 aliphatic heterocycles. The Morgan fingerprint density at radius 1 is 1.15 bits per heavy atom. The third-order valence-electron chi connectivity index (χ3n) is 3.97. The number of para-hydroxylation sites is 1. The zero-order chi connectivity index (χ0) is 18.5. The van der Waals surface area contributed by atoms with Crippen molar-refractivity contribution in [2.75, 3.05) is 0 Å². The van der Waals surface area contributed by atoms with Crippen molar-refractivity contribution < 1.29 is 19.4 Å². The van der Waals surface area contributed by atoms with Crippen molar-refractivity contribution in [3.05, 3.63) is 70.9 Å². The number of hydrogen-bond acceptors (Lipinski definition) is 3. The smallest absolute Gasteiger partial charge is 0.408 e. The molecule has 1 aromatic heterocycles. The lowest BCUT2D eigenvalue weighted by atomic mass is 10.1. The van der Waals surface area contributed by atoms with Gasteiger partial charge in [-0.05, 0) is 29.3 Å². The number of halogens is 1. The molecule has 0 radical (unpaired) electrons. The summed E-state index contributed by atoms with van der Waals surface area (Å²) in [4.78, 5) is 26.6. The number of fused-ring (bicyclic) bond motifs is 1. The van der Waals surface area contributed by atoms with E-state index in [1.54, 1.807) is 30.5 Å².